The van der Waals surface area contributed by atoms with Gasteiger partial charge in [-0.05, 0) is 0 Å². The van der Waals surface area contributed by atoms with Crippen LogP contribution in [0.1, 0.15) is 6.92 Å². The van der Waals surface area contributed by atoms with Gasteiger partial charge in [0.2, 0.25) is 5.91 Å². The number of nitrogens with zero attached hydrogens (tertiary/aromatic N) is 1. The number of nitrogens with one attached hydrogen (secondary N) is 2. The number of thioether (sulfide) groups is 1. The molecule has 0 aromatic rings. The van der Waals surface area contributed by atoms with Gasteiger partial charge < -0.3 is 15.4 Å². The first-order chi connectivity index (χ1) is 7.22. The van der Waals surface area contributed by atoms with Gasteiger partial charge >= 0.3 is 0 Å². The lowest BCUT2D eigenvalue weighted by Gasteiger charge is -2.06. The number of carbonyl (C=O) groups excluding carboxylic acids is 1. The highest BCUT2D eigenvalue weighted by Crippen LogP contribution is 2.17. The van der Waals surface area contributed by atoms with Gasteiger partial charge in [0.1, 0.15) is 0 Å². The summed E-state index contributed by atoms with van der Waals surface area (Å²) in [6.07, 6.45) is 0. The van der Waals surface area contributed by atoms with Gasteiger partial charge in [0.15, 0.2) is 5.17 Å². The van der Waals surface area contributed by atoms with Gasteiger partial charge in [-0.25, -0.2) is 0 Å². The van der Waals surface area contributed by atoms with Gasteiger partial charge in [-0.1, -0.05) is 18.7 Å². The molecule has 0 aromatic heterocycles. The van der Waals surface area contributed by atoms with E-state index in [4.69, 9.17) is 4.74 Å². The van der Waals surface area contributed by atoms with E-state index in [9.17, 15) is 4.79 Å². The molecule has 1 amide bonds. The molecule has 0 saturated carbocycles. The normalized spacial score (nSPS) is 19.9. The summed E-state index contributed by atoms with van der Waals surface area (Å²) in [5.41, 5.74) is 0. The zero-order valence-corrected chi connectivity index (χ0v) is 9.89. The molecular formula is C9H17N3O2S. The Hall–Kier alpha value is -0.750. The fourth-order valence-corrected chi connectivity index (χ4v) is 1.92. The van der Waals surface area contributed by atoms with Crippen LogP contribution in [-0.2, 0) is 9.53 Å². The highest BCUT2D eigenvalue weighted by atomic mass is 32.2. The van der Waals surface area contributed by atoms with Crippen molar-refractivity contribution in [3.63, 3.8) is 0 Å². The summed E-state index contributed by atoms with van der Waals surface area (Å²) in [7, 11) is 1.61. The van der Waals surface area contributed by atoms with Crippen LogP contribution < -0.4 is 10.6 Å². The van der Waals surface area contributed by atoms with Crippen molar-refractivity contribution in [3.05, 3.63) is 0 Å². The number of rotatable bonds is 5. The van der Waals surface area contributed by atoms with Crippen LogP contribution in [0.3, 0.4) is 0 Å². The number of ether oxygens (including phenoxy) is 1. The average molecular weight is 231 g/mol. The molecular weight excluding hydrogens is 214 g/mol. The first-order valence-corrected chi connectivity index (χ1v) is 5.81. The van der Waals surface area contributed by atoms with Gasteiger partial charge in [0.25, 0.3) is 0 Å². The average Bonchev–Trinajstić information content (AvgIpc) is 2.62. The molecule has 2 N–H and O–H groups in total. The second-order valence-corrected chi connectivity index (χ2v) is 4.70. The molecule has 1 aliphatic rings. The van der Waals surface area contributed by atoms with E-state index in [1.54, 1.807) is 18.9 Å². The molecule has 0 aliphatic carbocycles. The van der Waals surface area contributed by atoms with Crippen molar-refractivity contribution < 1.29 is 9.53 Å². The fraction of sp³-hybridized carbons (Fsp3) is 0.778. The zero-order chi connectivity index (χ0) is 11.1. The van der Waals surface area contributed by atoms with Crippen molar-refractivity contribution in [1.82, 2.24) is 10.6 Å². The Morgan fingerprint density at radius 2 is 2.53 bits per heavy atom. The van der Waals surface area contributed by atoms with Gasteiger partial charge in [0.05, 0.1) is 19.7 Å². The minimum Gasteiger partial charge on any atom is -0.383 e. The Bertz CT molecular complexity index is 246. The third-order valence-electron chi connectivity index (χ3n) is 1.83. The van der Waals surface area contributed by atoms with E-state index < -0.39 is 0 Å². The van der Waals surface area contributed by atoms with Crippen LogP contribution in [-0.4, -0.2) is 49.7 Å². The predicted octanol–water partition coefficient (Wildman–Crippen LogP) is -0.170. The van der Waals surface area contributed by atoms with Crippen LogP contribution >= 0.6 is 11.8 Å². The molecule has 0 saturated heterocycles. The van der Waals surface area contributed by atoms with E-state index in [-0.39, 0.29) is 12.5 Å². The van der Waals surface area contributed by atoms with Gasteiger partial charge in [-0.3, -0.25) is 9.79 Å². The number of hydrogen-bond acceptors (Lipinski definition) is 5. The van der Waals surface area contributed by atoms with E-state index in [1.807, 2.05) is 0 Å². The van der Waals surface area contributed by atoms with Crippen molar-refractivity contribution in [2.45, 2.75) is 12.2 Å². The standard InChI is InChI=1S/C9H17N3O2S/c1-7-5-11-9(15-7)12-6-8(13)10-3-4-14-2/h7H,3-6H2,1-2H3,(H,10,13)(H,11,12). The van der Waals surface area contributed by atoms with Crippen LogP contribution in [0.25, 0.3) is 0 Å². The molecule has 1 atom stereocenters. The summed E-state index contributed by atoms with van der Waals surface area (Å²) in [5.74, 6) is -0.0325. The minimum absolute atomic E-state index is 0.0325. The second-order valence-electron chi connectivity index (χ2n) is 3.27. The zero-order valence-electron chi connectivity index (χ0n) is 9.08. The van der Waals surface area contributed by atoms with Crippen LogP contribution in [0.4, 0.5) is 0 Å². The SMILES string of the molecule is COCCNC(=O)CNC1=NCC(C)S1. The van der Waals surface area contributed by atoms with E-state index in [1.165, 1.54) is 0 Å². The smallest absolute Gasteiger partial charge is 0.239 e. The Morgan fingerprint density at radius 1 is 1.73 bits per heavy atom. The second kappa shape index (κ2) is 6.68. The molecule has 6 heteroatoms. The summed E-state index contributed by atoms with van der Waals surface area (Å²) < 4.78 is 4.82. The monoisotopic (exact) mass is 231 g/mol. The molecule has 5 nitrogen and oxygen atoms in total. The van der Waals surface area contributed by atoms with E-state index in [2.05, 4.69) is 22.5 Å². The van der Waals surface area contributed by atoms with Gasteiger partial charge in [0, 0.05) is 18.9 Å². The van der Waals surface area contributed by atoms with Crippen LogP contribution in [0.5, 0.6) is 0 Å². The van der Waals surface area contributed by atoms with Crippen LogP contribution in [0, 0.1) is 0 Å². The third-order valence-corrected chi connectivity index (χ3v) is 2.88. The summed E-state index contributed by atoms with van der Waals surface area (Å²) in [6.45, 7) is 4.31. The Kier molecular flexibility index (Phi) is 5.49. The summed E-state index contributed by atoms with van der Waals surface area (Å²) in [5, 5.41) is 7.11. The van der Waals surface area contributed by atoms with Gasteiger partial charge in [-0.15, -0.1) is 0 Å². The number of methoxy groups -OCH3 is 1. The van der Waals surface area contributed by atoms with E-state index in [0.29, 0.717) is 18.4 Å². The maximum absolute atomic E-state index is 11.3. The Labute approximate surface area is 94.0 Å². The quantitative estimate of drug-likeness (QED) is 0.645. The first-order valence-electron chi connectivity index (χ1n) is 4.93. The van der Waals surface area contributed by atoms with Crippen molar-refractivity contribution in [1.29, 1.82) is 0 Å². The minimum atomic E-state index is -0.0325. The summed E-state index contributed by atoms with van der Waals surface area (Å²) in [4.78, 5) is 15.5. The molecule has 0 radical (unpaired) electrons. The molecule has 0 bridgehead atoms. The first kappa shape index (κ1) is 12.3. The summed E-state index contributed by atoms with van der Waals surface area (Å²) >= 11 is 1.67. The number of hydrogen-bond donors (Lipinski definition) is 2. The molecule has 0 aromatic carbocycles. The topological polar surface area (TPSA) is 62.7 Å². The van der Waals surface area contributed by atoms with E-state index >= 15 is 0 Å². The Balaban J connectivity index is 2.06. The highest BCUT2D eigenvalue weighted by molar-refractivity contribution is 8.14. The molecule has 1 rings (SSSR count). The van der Waals surface area contributed by atoms with E-state index in [0.717, 1.165) is 11.7 Å². The Morgan fingerprint density at radius 3 is 3.13 bits per heavy atom. The van der Waals surface area contributed by atoms with Crippen molar-refractivity contribution in [2.24, 2.45) is 4.99 Å². The summed E-state index contributed by atoms with van der Waals surface area (Å²) in [6, 6.07) is 0. The lowest BCUT2D eigenvalue weighted by atomic mass is 10.5. The van der Waals surface area contributed by atoms with Gasteiger partial charge in [-0.2, -0.15) is 0 Å². The third kappa shape index (κ3) is 5.03. The number of amides is 1. The molecule has 86 valence electrons. The predicted molar refractivity (Wildman–Crippen MR) is 62.2 cm³/mol. The number of carbonyl (C=O) groups is 1. The molecule has 1 aliphatic heterocycles. The maximum Gasteiger partial charge on any atom is 0.239 e. The van der Waals surface area contributed by atoms with Crippen molar-refractivity contribution in [2.75, 3.05) is 33.4 Å². The fourth-order valence-electron chi connectivity index (χ4n) is 1.09. The molecule has 0 fully saturated rings. The lowest BCUT2D eigenvalue weighted by molar-refractivity contribution is -0.120. The lowest BCUT2D eigenvalue weighted by Crippen LogP contribution is -2.37. The molecule has 1 unspecified atom stereocenters. The van der Waals surface area contributed by atoms with Crippen molar-refractivity contribution >= 4 is 22.8 Å². The molecule has 15 heavy (non-hydrogen) atoms. The number of aliphatic imine (C=N–C) groups is 1. The highest BCUT2D eigenvalue weighted by Gasteiger charge is 2.14. The van der Waals surface area contributed by atoms with Crippen molar-refractivity contribution in [3.8, 4) is 0 Å². The molecule has 0 spiro atoms. The molecule has 1 heterocycles. The van der Waals surface area contributed by atoms with Crippen LogP contribution in [0.15, 0.2) is 4.99 Å². The largest absolute Gasteiger partial charge is 0.383 e. The maximum atomic E-state index is 11.3. The van der Waals surface area contributed by atoms with Crippen LogP contribution in [0.2, 0.25) is 0 Å². The number of amidine groups is 1.